The third-order valence-electron chi connectivity index (χ3n) is 6.04. The van der Waals surface area contributed by atoms with E-state index in [0.717, 1.165) is 34.0 Å². The lowest BCUT2D eigenvalue weighted by Crippen LogP contribution is -2.10. The Labute approximate surface area is 209 Å². The van der Waals surface area contributed by atoms with Crippen LogP contribution in [0.3, 0.4) is 0 Å². The van der Waals surface area contributed by atoms with Crippen LogP contribution >= 0.6 is 0 Å². The number of fused-ring (bicyclic) bond motifs is 1. The van der Waals surface area contributed by atoms with Crippen LogP contribution in [-0.2, 0) is 7.05 Å². The highest BCUT2D eigenvalue weighted by molar-refractivity contribution is 5.93. The van der Waals surface area contributed by atoms with E-state index in [-0.39, 0.29) is 0 Å². The normalized spacial score (nSPS) is 10.6. The molecule has 5 rings (SSSR count). The third kappa shape index (κ3) is 5.20. The summed E-state index contributed by atoms with van der Waals surface area (Å²) in [6.07, 6.45) is 0. The summed E-state index contributed by atoms with van der Waals surface area (Å²) in [5.41, 5.74) is 12.8. The molecule has 1 amide bonds. The molecular weight excluding hydrogens is 454 g/mol. The number of anilines is 2. The van der Waals surface area contributed by atoms with Crippen LogP contribution in [0.25, 0.3) is 16.9 Å². The molecule has 3 N–H and O–H groups in total. The van der Waals surface area contributed by atoms with Crippen molar-refractivity contribution in [1.82, 2.24) is 24.4 Å². The van der Waals surface area contributed by atoms with E-state index in [1.807, 2.05) is 61.1 Å². The molecule has 0 aliphatic carbocycles. The van der Waals surface area contributed by atoms with Crippen molar-refractivity contribution in [2.24, 2.45) is 12.8 Å². The quantitative estimate of drug-likeness (QED) is 0.378. The van der Waals surface area contributed by atoms with Gasteiger partial charge in [-0.3, -0.25) is 9.48 Å². The summed E-state index contributed by atoms with van der Waals surface area (Å²) in [6.45, 7) is 6.20. The summed E-state index contributed by atoms with van der Waals surface area (Å²) >= 11 is 0. The minimum atomic E-state index is -0.462. The molecule has 0 spiro atoms. The molecule has 0 unspecified atom stereocenters. The average molecular weight is 484 g/mol. The van der Waals surface area contributed by atoms with Crippen LogP contribution in [-0.4, -0.2) is 37.4 Å². The first kappa shape index (κ1) is 24.5. The number of aryl methyl sites for hydroxylation is 2. The van der Waals surface area contributed by atoms with E-state index in [4.69, 9.17) is 10.5 Å². The molecule has 0 radical (unpaired) electrons. The number of aromatic nitrogens is 5. The van der Waals surface area contributed by atoms with Crippen LogP contribution in [0.5, 0.6) is 5.75 Å². The number of amides is 1. The minimum Gasteiger partial charge on any atom is -0.497 e. The molecule has 0 bridgehead atoms. The first-order valence-electron chi connectivity index (χ1n) is 11.4. The first-order valence-corrected chi connectivity index (χ1v) is 11.4. The molecule has 9 heteroatoms. The highest BCUT2D eigenvalue weighted by atomic mass is 16.5. The van der Waals surface area contributed by atoms with Gasteiger partial charge >= 0.3 is 0 Å². The molecule has 5 aromatic rings. The van der Waals surface area contributed by atoms with Crippen LogP contribution in [0.4, 0.5) is 11.6 Å². The Morgan fingerprint density at radius 1 is 0.944 bits per heavy atom. The molecule has 0 atom stereocenters. The number of benzene rings is 2. The van der Waals surface area contributed by atoms with Crippen molar-refractivity contribution in [3.8, 4) is 17.0 Å². The van der Waals surface area contributed by atoms with E-state index in [1.54, 1.807) is 35.9 Å². The topological polar surface area (TPSA) is 112 Å². The Kier molecular flexibility index (Phi) is 7.00. The molecule has 36 heavy (non-hydrogen) atoms. The molecule has 0 saturated heterocycles. The predicted octanol–water partition coefficient (Wildman–Crippen LogP) is 4.59. The fraction of sp³-hybridized carbons (Fsp3) is 0.185. The van der Waals surface area contributed by atoms with Gasteiger partial charge in [0.2, 0.25) is 11.9 Å². The van der Waals surface area contributed by atoms with E-state index in [0.29, 0.717) is 11.5 Å². The summed E-state index contributed by atoms with van der Waals surface area (Å²) < 4.78 is 8.90. The van der Waals surface area contributed by atoms with Crippen molar-refractivity contribution in [2.75, 3.05) is 12.4 Å². The molecule has 3 heterocycles. The van der Waals surface area contributed by atoms with Crippen molar-refractivity contribution in [1.29, 1.82) is 0 Å². The maximum Gasteiger partial charge on any atom is 0.248 e. The third-order valence-corrected chi connectivity index (χ3v) is 6.04. The van der Waals surface area contributed by atoms with Crippen molar-refractivity contribution in [3.05, 3.63) is 89.2 Å². The summed E-state index contributed by atoms with van der Waals surface area (Å²) in [4.78, 5) is 15.7. The van der Waals surface area contributed by atoms with Gasteiger partial charge in [0.05, 0.1) is 18.5 Å². The van der Waals surface area contributed by atoms with E-state index < -0.39 is 5.91 Å². The summed E-state index contributed by atoms with van der Waals surface area (Å²) in [6, 6.07) is 20.4. The number of ether oxygens (including phenoxy) is 1. The second-order valence-electron chi connectivity index (χ2n) is 8.33. The maximum atomic E-state index is 11.2. The largest absolute Gasteiger partial charge is 0.497 e. The number of hydrogen-bond donors (Lipinski definition) is 2. The second kappa shape index (κ2) is 10.3. The molecule has 0 aliphatic heterocycles. The van der Waals surface area contributed by atoms with Crippen molar-refractivity contribution >= 4 is 23.2 Å². The number of nitrogens with one attached hydrogen (secondary N) is 1. The van der Waals surface area contributed by atoms with Crippen molar-refractivity contribution in [2.45, 2.75) is 20.8 Å². The standard InChI is InChI=1S/C20H17N5O2.C7H12N2/c1-27-16-11-7-13(8-12-16)17-3-2-4-18-23-20(24-25(17)18)22-15-9-5-14(6-10-15)19(21)26;1-5-6(2)8-9(4)7(5)3/h2-12H,1H3,(H2,21,26)(H,22,24);1-4H3. The van der Waals surface area contributed by atoms with Gasteiger partial charge in [-0.25, -0.2) is 4.52 Å². The lowest BCUT2D eigenvalue weighted by atomic mass is 10.1. The van der Waals surface area contributed by atoms with Gasteiger partial charge in [-0.1, -0.05) is 6.07 Å². The lowest BCUT2D eigenvalue weighted by Gasteiger charge is -2.05. The molecule has 9 nitrogen and oxygen atoms in total. The van der Waals surface area contributed by atoms with Gasteiger partial charge in [0.15, 0.2) is 5.65 Å². The number of methoxy groups -OCH3 is 1. The summed E-state index contributed by atoms with van der Waals surface area (Å²) in [5, 5.41) is 11.9. The Hall–Kier alpha value is -4.66. The first-order chi connectivity index (χ1) is 17.3. The number of carbonyl (C=O) groups excluding carboxylic acids is 1. The molecule has 0 fully saturated rings. The Balaban J connectivity index is 0.000000286. The summed E-state index contributed by atoms with van der Waals surface area (Å²) in [7, 11) is 3.61. The number of hydrogen-bond acceptors (Lipinski definition) is 6. The fourth-order valence-electron chi connectivity index (χ4n) is 3.66. The summed E-state index contributed by atoms with van der Waals surface area (Å²) in [5.74, 6) is 0.797. The van der Waals surface area contributed by atoms with Gasteiger partial charge in [0, 0.05) is 29.6 Å². The highest BCUT2D eigenvalue weighted by Gasteiger charge is 2.10. The number of rotatable bonds is 5. The predicted molar refractivity (Wildman–Crippen MR) is 141 cm³/mol. The van der Waals surface area contributed by atoms with Crippen LogP contribution < -0.4 is 15.8 Å². The smallest absolute Gasteiger partial charge is 0.248 e. The molecule has 184 valence electrons. The van der Waals surface area contributed by atoms with Gasteiger partial charge in [-0.2, -0.15) is 10.1 Å². The molecule has 2 aromatic carbocycles. The van der Waals surface area contributed by atoms with Gasteiger partial charge in [0.1, 0.15) is 5.75 Å². The number of pyridine rings is 1. The number of primary amides is 1. The van der Waals surface area contributed by atoms with Gasteiger partial charge < -0.3 is 15.8 Å². The number of nitrogens with zero attached hydrogens (tertiary/aromatic N) is 5. The Morgan fingerprint density at radius 2 is 1.64 bits per heavy atom. The van der Waals surface area contributed by atoms with Gasteiger partial charge in [-0.05, 0) is 87.0 Å². The zero-order valence-corrected chi connectivity index (χ0v) is 21.0. The van der Waals surface area contributed by atoms with Gasteiger partial charge in [0.25, 0.3) is 0 Å². The molecule has 0 aliphatic rings. The zero-order chi connectivity index (χ0) is 25.8. The minimum absolute atomic E-state index is 0.449. The fourth-order valence-corrected chi connectivity index (χ4v) is 3.66. The monoisotopic (exact) mass is 483 g/mol. The zero-order valence-electron chi connectivity index (χ0n) is 21.0. The molecule has 3 aromatic heterocycles. The van der Waals surface area contributed by atoms with E-state index in [1.165, 1.54) is 11.3 Å². The van der Waals surface area contributed by atoms with Crippen LogP contribution in [0.15, 0.2) is 66.7 Å². The van der Waals surface area contributed by atoms with Crippen molar-refractivity contribution in [3.63, 3.8) is 0 Å². The Morgan fingerprint density at radius 3 is 2.17 bits per heavy atom. The van der Waals surface area contributed by atoms with Crippen LogP contribution in [0, 0.1) is 20.8 Å². The highest BCUT2D eigenvalue weighted by Crippen LogP contribution is 2.24. The molecule has 0 saturated carbocycles. The number of carbonyl (C=O) groups is 1. The Bertz CT molecular complexity index is 1480. The van der Waals surface area contributed by atoms with E-state index >= 15 is 0 Å². The molecular formula is C27H29N7O2. The van der Waals surface area contributed by atoms with Crippen molar-refractivity contribution < 1.29 is 9.53 Å². The second-order valence-corrected chi connectivity index (χ2v) is 8.33. The lowest BCUT2D eigenvalue weighted by molar-refractivity contribution is 0.100. The van der Waals surface area contributed by atoms with Crippen LogP contribution in [0.2, 0.25) is 0 Å². The number of nitrogens with two attached hydrogens (primary N) is 1. The van der Waals surface area contributed by atoms with Crippen LogP contribution in [0.1, 0.15) is 27.3 Å². The average Bonchev–Trinajstić information content (AvgIpc) is 3.39. The van der Waals surface area contributed by atoms with E-state index in [9.17, 15) is 4.79 Å². The maximum absolute atomic E-state index is 11.2. The SMILES string of the molecule is COc1ccc(-c2cccc3nc(Nc4ccc(C(N)=O)cc4)nn23)cc1.Cc1nn(C)c(C)c1C. The van der Waals surface area contributed by atoms with E-state index in [2.05, 4.69) is 34.3 Å². The van der Waals surface area contributed by atoms with Gasteiger partial charge in [-0.15, -0.1) is 5.10 Å².